The second kappa shape index (κ2) is 5.03. The Hall–Kier alpha value is -0.470. The zero-order chi connectivity index (χ0) is 11.7. The summed E-state index contributed by atoms with van der Waals surface area (Å²) in [5.74, 6) is 3.01. The van der Waals surface area contributed by atoms with E-state index in [1.807, 2.05) is 11.8 Å². The fraction of sp³-hybridized carbons (Fsp3) is 0.600. The van der Waals surface area contributed by atoms with E-state index in [1.54, 1.807) is 5.56 Å². The quantitative estimate of drug-likeness (QED) is 0.852. The molecule has 1 aromatic carbocycles. The fourth-order valence-corrected chi connectivity index (χ4v) is 4.22. The molecule has 1 heterocycles. The van der Waals surface area contributed by atoms with Crippen LogP contribution in [-0.4, -0.2) is 18.3 Å². The van der Waals surface area contributed by atoms with Crippen LogP contribution < -0.4 is 5.32 Å². The molecule has 1 fully saturated rings. The van der Waals surface area contributed by atoms with Crippen molar-refractivity contribution in [3.8, 4) is 0 Å². The Balaban J connectivity index is 1.77. The summed E-state index contributed by atoms with van der Waals surface area (Å²) in [5.41, 5.74) is 1.59. The SMILES string of the molecule is CCNC(CC1CC1)C1CSc2ccccc21. The van der Waals surface area contributed by atoms with Gasteiger partial charge in [-0.3, -0.25) is 0 Å². The van der Waals surface area contributed by atoms with Crippen LogP contribution in [0.15, 0.2) is 29.2 Å². The van der Waals surface area contributed by atoms with Crippen LogP contribution >= 0.6 is 11.8 Å². The lowest BCUT2D eigenvalue weighted by molar-refractivity contribution is 0.418. The fourth-order valence-electron chi connectivity index (χ4n) is 2.89. The molecule has 0 spiro atoms. The molecule has 1 aliphatic heterocycles. The zero-order valence-electron chi connectivity index (χ0n) is 10.5. The lowest BCUT2D eigenvalue weighted by atomic mass is 9.90. The molecule has 0 aromatic heterocycles. The normalized spacial score (nSPS) is 24.6. The van der Waals surface area contributed by atoms with Gasteiger partial charge in [-0.25, -0.2) is 0 Å². The Kier molecular flexibility index (Phi) is 3.44. The van der Waals surface area contributed by atoms with Crippen molar-refractivity contribution in [1.82, 2.24) is 5.32 Å². The molecule has 1 saturated carbocycles. The predicted molar refractivity (Wildman–Crippen MR) is 74.7 cm³/mol. The van der Waals surface area contributed by atoms with Crippen molar-refractivity contribution in [1.29, 1.82) is 0 Å². The second-order valence-electron chi connectivity index (χ2n) is 5.30. The van der Waals surface area contributed by atoms with Crippen molar-refractivity contribution in [2.45, 2.75) is 43.0 Å². The third-order valence-corrected chi connectivity index (χ3v) is 5.18. The summed E-state index contributed by atoms with van der Waals surface area (Å²) in [6.07, 6.45) is 4.31. The molecule has 0 bridgehead atoms. The van der Waals surface area contributed by atoms with Gasteiger partial charge in [0.2, 0.25) is 0 Å². The average Bonchev–Trinajstić information content (AvgIpc) is 3.07. The first-order valence-electron chi connectivity index (χ1n) is 6.83. The maximum atomic E-state index is 3.72. The van der Waals surface area contributed by atoms with Gasteiger partial charge in [-0.15, -0.1) is 11.8 Å². The van der Waals surface area contributed by atoms with Gasteiger partial charge in [0.15, 0.2) is 0 Å². The van der Waals surface area contributed by atoms with E-state index in [9.17, 15) is 0 Å². The van der Waals surface area contributed by atoms with E-state index in [1.165, 1.54) is 29.9 Å². The number of likely N-dealkylation sites (N-methyl/N-ethyl adjacent to an activating group) is 1. The van der Waals surface area contributed by atoms with Gasteiger partial charge in [0.25, 0.3) is 0 Å². The summed E-state index contributed by atoms with van der Waals surface area (Å²) in [5, 5.41) is 3.72. The van der Waals surface area contributed by atoms with Crippen LogP contribution in [0.1, 0.15) is 37.7 Å². The summed E-state index contributed by atoms with van der Waals surface area (Å²) in [6, 6.07) is 9.66. The van der Waals surface area contributed by atoms with Crippen LogP contribution in [-0.2, 0) is 0 Å². The van der Waals surface area contributed by atoms with Crippen molar-refractivity contribution in [2.75, 3.05) is 12.3 Å². The summed E-state index contributed by atoms with van der Waals surface area (Å²) in [4.78, 5) is 1.51. The number of nitrogens with one attached hydrogen (secondary N) is 1. The van der Waals surface area contributed by atoms with E-state index >= 15 is 0 Å². The number of hydrogen-bond acceptors (Lipinski definition) is 2. The highest BCUT2D eigenvalue weighted by Gasteiger charge is 2.33. The smallest absolute Gasteiger partial charge is 0.0147 e. The summed E-state index contributed by atoms with van der Waals surface area (Å²) in [6.45, 7) is 3.33. The third-order valence-electron chi connectivity index (χ3n) is 3.97. The average molecular weight is 247 g/mol. The highest BCUT2D eigenvalue weighted by Crippen LogP contribution is 2.44. The standard InChI is InChI=1S/C15H21NS/c1-2-16-14(9-11-7-8-11)13-10-17-15-6-4-3-5-12(13)15/h3-6,11,13-14,16H,2,7-10H2,1H3. The Morgan fingerprint density at radius 1 is 1.35 bits per heavy atom. The number of thioether (sulfide) groups is 1. The van der Waals surface area contributed by atoms with Crippen LogP contribution in [0.5, 0.6) is 0 Å². The first-order valence-corrected chi connectivity index (χ1v) is 7.82. The number of hydrogen-bond donors (Lipinski definition) is 1. The van der Waals surface area contributed by atoms with Gasteiger partial charge in [0, 0.05) is 22.6 Å². The zero-order valence-corrected chi connectivity index (χ0v) is 11.3. The van der Waals surface area contributed by atoms with E-state index in [0.717, 1.165) is 18.4 Å². The van der Waals surface area contributed by atoms with Crippen molar-refractivity contribution in [3.63, 3.8) is 0 Å². The second-order valence-corrected chi connectivity index (χ2v) is 6.36. The van der Waals surface area contributed by atoms with Crippen LogP contribution in [0.2, 0.25) is 0 Å². The molecule has 2 aliphatic rings. The molecule has 0 radical (unpaired) electrons. The van der Waals surface area contributed by atoms with Gasteiger partial charge in [-0.1, -0.05) is 38.0 Å². The van der Waals surface area contributed by atoms with Crippen LogP contribution in [0.4, 0.5) is 0 Å². The Morgan fingerprint density at radius 2 is 2.18 bits per heavy atom. The van der Waals surface area contributed by atoms with Gasteiger partial charge in [0.1, 0.15) is 0 Å². The topological polar surface area (TPSA) is 12.0 Å². The minimum atomic E-state index is 0.698. The van der Waals surface area contributed by atoms with Crippen LogP contribution in [0.3, 0.4) is 0 Å². The first-order chi connectivity index (χ1) is 8.38. The molecule has 0 amide bonds. The Labute approximate surface area is 108 Å². The molecular weight excluding hydrogens is 226 g/mol. The van der Waals surface area contributed by atoms with E-state index in [0.29, 0.717) is 6.04 Å². The maximum Gasteiger partial charge on any atom is 0.0147 e. The highest BCUT2D eigenvalue weighted by molar-refractivity contribution is 7.99. The van der Waals surface area contributed by atoms with Crippen molar-refractivity contribution >= 4 is 11.8 Å². The van der Waals surface area contributed by atoms with Gasteiger partial charge in [0.05, 0.1) is 0 Å². The minimum Gasteiger partial charge on any atom is -0.314 e. The van der Waals surface area contributed by atoms with Gasteiger partial charge >= 0.3 is 0 Å². The Bertz CT molecular complexity index is 386. The van der Waals surface area contributed by atoms with Crippen molar-refractivity contribution in [2.24, 2.45) is 5.92 Å². The first kappa shape index (κ1) is 11.6. The van der Waals surface area contributed by atoms with Crippen LogP contribution in [0, 0.1) is 5.92 Å². The van der Waals surface area contributed by atoms with Gasteiger partial charge in [-0.05, 0) is 30.5 Å². The summed E-state index contributed by atoms with van der Waals surface area (Å²) < 4.78 is 0. The monoisotopic (exact) mass is 247 g/mol. The third kappa shape index (κ3) is 2.53. The molecule has 2 heteroatoms. The number of rotatable bonds is 5. The summed E-state index contributed by atoms with van der Waals surface area (Å²) >= 11 is 2.04. The lowest BCUT2D eigenvalue weighted by Crippen LogP contribution is -2.35. The molecule has 17 heavy (non-hydrogen) atoms. The Morgan fingerprint density at radius 3 is 2.94 bits per heavy atom. The van der Waals surface area contributed by atoms with E-state index in [2.05, 4.69) is 36.5 Å². The van der Waals surface area contributed by atoms with E-state index in [-0.39, 0.29) is 0 Å². The molecule has 92 valence electrons. The van der Waals surface area contributed by atoms with Gasteiger partial charge in [-0.2, -0.15) is 0 Å². The lowest BCUT2D eigenvalue weighted by Gasteiger charge is -2.24. The molecular formula is C15H21NS. The minimum absolute atomic E-state index is 0.698. The van der Waals surface area contributed by atoms with Crippen molar-refractivity contribution < 1.29 is 0 Å². The van der Waals surface area contributed by atoms with Gasteiger partial charge < -0.3 is 5.32 Å². The molecule has 1 aliphatic carbocycles. The molecule has 1 aromatic rings. The number of fused-ring (bicyclic) bond motifs is 1. The van der Waals surface area contributed by atoms with Crippen LogP contribution in [0.25, 0.3) is 0 Å². The van der Waals surface area contributed by atoms with E-state index in [4.69, 9.17) is 0 Å². The molecule has 2 atom stereocenters. The van der Waals surface area contributed by atoms with Crippen molar-refractivity contribution in [3.05, 3.63) is 29.8 Å². The largest absolute Gasteiger partial charge is 0.314 e. The number of benzene rings is 1. The van der Waals surface area contributed by atoms with E-state index < -0.39 is 0 Å². The highest BCUT2D eigenvalue weighted by atomic mass is 32.2. The molecule has 1 nitrogen and oxygen atoms in total. The molecule has 1 N–H and O–H groups in total. The molecule has 0 saturated heterocycles. The molecule has 3 rings (SSSR count). The summed E-state index contributed by atoms with van der Waals surface area (Å²) in [7, 11) is 0. The predicted octanol–water partition coefficient (Wildman–Crippen LogP) is 3.65. The maximum absolute atomic E-state index is 3.72. The molecule has 2 unspecified atom stereocenters.